The highest BCUT2D eigenvalue weighted by molar-refractivity contribution is 5.94. The fourth-order valence-corrected chi connectivity index (χ4v) is 4.24. The highest BCUT2D eigenvalue weighted by Crippen LogP contribution is 2.33. The number of methoxy groups -OCH3 is 2. The second-order valence-electron chi connectivity index (χ2n) is 7.96. The molecule has 4 aromatic rings. The number of fused-ring (bicyclic) bond motifs is 3. The Hall–Kier alpha value is -3.39. The standard InChI is InChI=1S/C24H27N5O3/c1-30-21-14-19-20(15-22(21)31-2)25-16-29-23(26-27-24(19)29)17-6-8-18(9-7-17)32-13-5-12-28-10-3-4-11-28/h6-9,14-16H,3-5,10-13H2,1-2H3. The minimum Gasteiger partial charge on any atom is -0.494 e. The lowest BCUT2D eigenvalue weighted by atomic mass is 10.2. The van der Waals surface area contributed by atoms with Gasteiger partial charge in [0.2, 0.25) is 0 Å². The van der Waals surface area contributed by atoms with Crippen molar-refractivity contribution in [1.29, 1.82) is 0 Å². The molecule has 0 spiro atoms. The summed E-state index contributed by atoms with van der Waals surface area (Å²) in [6.45, 7) is 4.29. The molecular formula is C24H27N5O3. The molecule has 2 aromatic heterocycles. The maximum atomic E-state index is 5.92. The van der Waals surface area contributed by atoms with Crippen LogP contribution in [0.2, 0.25) is 0 Å². The zero-order valence-electron chi connectivity index (χ0n) is 18.5. The average Bonchev–Trinajstić information content (AvgIpc) is 3.51. The van der Waals surface area contributed by atoms with Crippen LogP contribution in [-0.4, -0.2) is 64.9 Å². The molecule has 0 aliphatic carbocycles. The molecule has 0 bridgehead atoms. The van der Waals surface area contributed by atoms with E-state index in [9.17, 15) is 0 Å². The summed E-state index contributed by atoms with van der Waals surface area (Å²) in [5.74, 6) is 2.85. The molecule has 1 saturated heterocycles. The van der Waals surface area contributed by atoms with Crippen molar-refractivity contribution in [3.05, 3.63) is 42.7 Å². The maximum Gasteiger partial charge on any atom is 0.171 e. The van der Waals surface area contributed by atoms with E-state index < -0.39 is 0 Å². The molecule has 166 valence electrons. The molecule has 0 saturated carbocycles. The smallest absolute Gasteiger partial charge is 0.171 e. The maximum absolute atomic E-state index is 5.92. The van der Waals surface area contributed by atoms with Crippen LogP contribution >= 0.6 is 0 Å². The molecule has 0 radical (unpaired) electrons. The van der Waals surface area contributed by atoms with Crippen molar-refractivity contribution in [3.63, 3.8) is 0 Å². The predicted octanol–water partition coefficient (Wildman–Crippen LogP) is 3.83. The lowest BCUT2D eigenvalue weighted by Crippen LogP contribution is -2.21. The van der Waals surface area contributed by atoms with Gasteiger partial charge in [0.15, 0.2) is 23.0 Å². The fraction of sp³-hybridized carbons (Fsp3) is 0.375. The van der Waals surface area contributed by atoms with E-state index in [4.69, 9.17) is 14.2 Å². The van der Waals surface area contributed by atoms with E-state index in [1.165, 1.54) is 25.9 Å². The van der Waals surface area contributed by atoms with E-state index in [1.54, 1.807) is 20.5 Å². The van der Waals surface area contributed by atoms with E-state index >= 15 is 0 Å². The molecule has 8 heteroatoms. The third kappa shape index (κ3) is 3.93. The third-order valence-corrected chi connectivity index (χ3v) is 5.95. The van der Waals surface area contributed by atoms with Crippen LogP contribution in [0.4, 0.5) is 0 Å². The number of hydrogen-bond donors (Lipinski definition) is 0. The largest absolute Gasteiger partial charge is 0.494 e. The van der Waals surface area contributed by atoms with Crippen LogP contribution in [0.15, 0.2) is 42.7 Å². The molecule has 32 heavy (non-hydrogen) atoms. The van der Waals surface area contributed by atoms with Crippen molar-refractivity contribution >= 4 is 16.6 Å². The first kappa shape index (κ1) is 20.5. The summed E-state index contributed by atoms with van der Waals surface area (Å²) in [7, 11) is 3.22. The molecule has 1 aliphatic rings. The predicted molar refractivity (Wildman–Crippen MR) is 123 cm³/mol. The second kappa shape index (κ2) is 9.00. The van der Waals surface area contributed by atoms with Crippen LogP contribution in [0, 0.1) is 0 Å². The lowest BCUT2D eigenvalue weighted by molar-refractivity contribution is 0.263. The van der Waals surface area contributed by atoms with Gasteiger partial charge in [-0.1, -0.05) is 0 Å². The summed E-state index contributed by atoms with van der Waals surface area (Å²) in [6, 6.07) is 11.7. The number of hydrogen-bond acceptors (Lipinski definition) is 7. The molecule has 2 aromatic carbocycles. The van der Waals surface area contributed by atoms with Gasteiger partial charge in [0.25, 0.3) is 0 Å². The first-order chi connectivity index (χ1) is 15.8. The summed E-state index contributed by atoms with van der Waals surface area (Å²) >= 11 is 0. The molecule has 0 atom stereocenters. The van der Waals surface area contributed by atoms with E-state index in [2.05, 4.69) is 20.1 Å². The zero-order chi connectivity index (χ0) is 21.9. The zero-order valence-corrected chi connectivity index (χ0v) is 18.5. The van der Waals surface area contributed by atoms with E-state index in [0.717, 1.165) is 47.6 Å². The first-order valence-corrected chi connectivity index (χ1v) is 11.0. The van der Waals surface area contributed by atoms with Gasteiger partial charge in [0.05, 0.1) is 26.3 Å². The van der Waals surface area contributed by atoms with Crippen molar-refractivity contribution in [3.8, 4) is 28.6 Å². The van der Waals surface area contributed by atoms with Crippen LogP contribution in [0.25, 0.3) is 27.9 Å². The van der Waals surface area contributed by atoms with Gasteiger partial charge in [0.1, 0.15) is 12.1 Å². The van der Waals surface area contributed by atoms with Gasteiger partial charge in [-0.25, -0.2) is 4.98 Å². The summed E-state index contributed by atoms with van der Waals surface area (Å²) in [6.07, 6.45) is 5.44. The van der Waals surface area contributed by atoms with Gasteiger partial charge >= 0.3 is 0 Å². The Morgan fingerprint density at radius 1 is 0.938 bits per heavy atom. The summed E-state index contributed by atoms with van der Waals surface area (Å²) in [5.41, 5.74) is 2.43. The van der Waals surface area contributed by atoms with Gasteiger partial charge in [-0.05, 0) is 62.7 Å². The van der Waals surface area contributed by atoms with Crippen LogP contribution in [0.5, 0.6) is 17.2 Å². The molecule has 3 heterocycles. The van der Waals surface area contributed by atoms with Crippen LogP contribution in [-0.2, 0) is 0 Å². The highest BCUT2D eigenvalue weighted by Gasteiger charge is 2.15. The lowest BCUT2D eigenvalue weighted by Gasteiger charge is -2.14. The quantitative estimate of drug-likeness (QED) is 0.391. The van der Waals surface area contributed by atoms with Gasteiger partial charge < -0.3 is 19.1 Å². The van der Waals surface area contributed by atoms with Crippen molar-refractivity contribution < 1.29 is 14.2 Å². The molecule has 8 nitrogen and oxygen atoms in total. The molecular weight excluding hydrogens is 406 g/mol. The molecule has 1 aliphatic heterocycles. The minimum absolute atomic E-state index is 0.630. The summed E-state index contributed by atoms with van der Waals surface area (Å²) in [5, 5.41) is 9.68. The highest BCUT2D eigenvalue weighted by atomic mass is 16.5. The third-order valence-electron chi connectivity index (χ3n) is 5.95. The van der Waals surface area contributed by atoms with Crippen molar-refractivity contribution in [2.24, 2.45) is 0 Å². The monoisotopic (exact) mass is 433 g/mol. The van der Waals surface area contributed by atoms with Crippen molar-refractivity contribution in [2.45, 2.75) is 19.3 Å². The molecule has 0 unspecified atom stereocenters. The molecule has 0 N–H and O–H groups in total. The number of benzene rings is 2. The Balaban J connectivity index is 1.34. The Labute approximate surface area is 186 Å². The van der Waals surface area contributed by atoms with Crippen molar-refractivity contribution in [1.82, 2.24) is 24.5 Å². The Bertz CT molecular complexity index is 1220. The Morgan fingerprint density at radius 2 is 1.69 bits per heavy atom. The molecule has 1 fully saturated rings. The number of rotatable bonds is 8. The summed E-state index contributed by atoms with van der Waals surface area (Å²) < 4.78 is 18.6. The fourth-order valence-electron chi connectivity index (χ4n) is 4.24. The van der Waals surface area contributed by atoms with E-state index in [-0.39, 0.29) is 0 Å². The van der Waals surface area contributed by atoms with E-state index in [1.807, 2.05) is 40.8 Å². The Kier molecular flexibility index (Phi) is 5.77. The normalized spacial score (nSPS) is 14.3. The number of aromatic nitrogens is 4. The van der Waals surface area contributed by atoms with Gasteiger partial charge in [-0.15, -0.1) is 10.2 Å². The SMILES string of the molecule is COc1cc2ncn3c(-c4ccc(OCCCN5CCCC5)cc4)nnc3c2cc1OC. The molecule has 5 rings (SSSR count). The number of nitrogens with zero attached hydrogens (tertiary/aromatic N) is 5. The van der Waals surface area contributed by atoms with E-state index in [0.29, 0.717) is 17.1 Å². The van der Waals surface area contributed by atoms with Crippen molar-refractivity contribution in [2.75, 3.05) is 40.5 Å². The minimum atomic E-state index is 0.630. The molecule has 0 amide bonds. The van der Waals surface area contributed by atoms with Crippen LogP contribution in [0.3, 0.4) is 0 Å². The van der Waals surface area contributed by atoms with Gasteiger partial charge in [-0.2, -0.15) is 0 Å². The first-order valence-electron chi connectivity index (χ1n) is 11.0. The summed E-state index contributed by atoms with van der Waals surface area (Å²) in [4.78, 5) is 7.08. The van der Waals surface area contributed by atoms with Crippen LogP contribution < -0.4 is 14.2 Å². The topological polar surface area (TPSA) is 74.0 Å². The number of ether oxygens (including phenoxy) is 3. The van der Waals surface area contributed by atoms with Crippen LogP contribution in [0.1, 0.15) is 19.3 Å². The second-order valence-corrected chi connectivity index (χ2v) is 7.96. The number of likely N-dealkylation sites (tertiary alicyclic amines) is 1. The Morgan fingerprint density at radius 3 is 2.44 bits per heavy atom. The van der Waals surface area contributed by atoms with Gasteiger partial charge in [0, 0.05) is 23.6 Å². The van der Waals surface area contributed by atoms with Gasteiger partial charge in [-0.3, -0.25) is 4.40 Å². The average molecular weight is 434 g/mol.